The van der Waals surface area contributed by atoms with Crippen LogP contribution in [0.25, 0.3) is 11.4 Å². The van der Waals surface area contributed by atoms with Gasteiger partial charge in [0.05, 0.1) is 18.2 Å². The molecule has 2 aromatic rings. The zero-order valence-corrected chi connectivity index (χ0v) is 15.4. The Morgan fingerprint density at radius 1 is 1.35 bits per heavy atom. The summed E-state index contributed by atoms with van der Waals surface area (Å²) >= 11 is 0. The predicted octanol–water partition coefficient (Wildman–Crippen LogP) is 1.41. The van der Waals surface area contributed by atoms with Crippen LogP contribution in [0.2, 0.25) is 0 Å². The van der Waals surface area contributed by atoms with Crippen LogP contribution in [0, 0.1) is 5.92 Å². The quantitative estimate of drug-likeness (QED) is 0.815. The number of rotatable bonds is 6. The van der Waals surface area contributed by atoms with Gasteiger partial charge < -0.3 is 9.84 Å². The monoisotopic (exact) mass is 378 g/mol. The second-order valence-corrected chi connectivity index (χ2v) is 8.45. The normalized spacial score (nSPS) is 18.6. The lowest BCUT2D eigenvalue weighted by Gasteiger charge is -2.30. The molecule has 1 amide bonds. The van der Waals surface area contributed by atoms with Crippen molar-refractivity contribution in [3.8, 4) is 11.4 Å². The van der Waals surface area contributed by atoms with Crippen LogP contribution in [-0.2, 0) is 21.4 Å². The van der Waals surface area contributed by atoms with Crippen LogP contribution in [0.15, 0.2) is 34.9 Å². The molecule has 0 radical (unpaired) electrons. The molecule has 3 rings (SSSR count). The Balaban J connectivity index is 1.57. The maximum absolute atomic E-state index is 12.4. The van der Waals surface area contributed by atoms with E-state index in [-0.39, 0.29) is 30.7 Å². The van der Waals surface area contributed by atoms with Gasteiger partial charge in [-0.05, 0) is 19.8 Å². The number of nitrogens with one attached hydrogen (secondary N) is 1. The Bertz CT molecular complexity index is 851. The van der Waals surface area contributed by atoms with Gasteiger partial charge >= 0.3 is 0 Å². The van der Waals surface area contributed by atoms with Gasteiger partial charge in [0.2, 0.25) is 27.6 Å². The van der Waals surface area contributed by atoms with Crippen LogP contribution < -0.4 is 5.32 Å². The van der Waals surface area contributed by atoms with Crippen LogP contribution >= 0.6 is 0 Å². The van der Waals surface area contributed by atoms with Gasteiger partial charge in [0.25, 0.3) is 0 Å². The van der Waals surface area contributed by atoms with E-state index in [1.165, 1.54) is 4.31 Å². The van der Waals surface area contributed by atoms with Crippen molar-refractivity contribution in [3.63, 3.8) is 0 Å². The Morgan fingerprint density at radius 3 is 2.85 bits per heavy atom. The number of carbonyl (C=O) groups is 1. The van der Waals surface area contributed by atoms with Crippen LogP contribution in [0.4, 0.5) is 0 Å². The Labute approximate surface area is 152 Å². The first-order chi connectivity index (χ1) is 12.5. The zero-order valence-electron chi connectivity index (χ0n) is 14.6. The molecule has 1 fully saturated rings. The molecule has 0 spiro atoms. The van der Waals surface area contributed by atoms with E-state index in [9.17, 15) is 13.2 Å². The fraction of sp³-hybridized carbons (Fsp3) is 0.471. The van der Waals surface area contributed by atoms with Crippen molar-refractivity contribution >= 4 is 15.9 Å². The highest BCUT2D eigenvalue weighted by molar-refractivity contribution is 7.89. The number of sulfonamides is 1. The molecule has 26 heavy (non-hydrogen) atoms. The molecule has 2 heterocycles. The smallest absolute Gasteiger partial charge is 0.246 e. The molecule has 8 nitrogen and oxygen atoms in total. The first-order valence-electron chi connectivity index (χ1n) is 8.63. The van der Waals surface area contributed by atoms with E-state index in [0.29, 0.717) is 31.1 Å². The van der Waals surface area contributed by atoms with E-state index in [1.807, 2.05) is 30.3 Å². The summed E-state index contributed by atoms with van der Waals surface area (Å²) in [6, 6.07) is 9.41. The lowest BCUT2D eigenvalue weighted by Crippen LogP contribution is -2.45. The van der Waals surface area contributed by atoms with Crippen molar-refractivity contribution in [2.24, 2.45) is 5.92 Å². The summed E-state index contributed by atoms with van der Waals surface area (Å²) in [5.41, 5.74) is 0.835. The first-order valence-corrected chi connectivity index (χ1v) is 10.2. The zero-order chi connectivity index (χ0) is 18.6. The molecule has 0 bridgehead atoms. The second kappa shape index (κ2) is 7.96. The van der Waals surface area contributed by atoms with E-state index in [2.05, 4.69) is 15.5 Å². The van der Waals surface area contributed by atoms with Crippen molar-refractivity contribution in [2.45, 2.75) is 26.3 Å². The summed E-state index contributed by atoms with van der Waals surface area (Å²) in [6.07, 6.45) is 1.34. The van der Waals surface area contributed by atoms with Crippen LogP contribution in [0.3, 0.4) is 0 Å². The fourth-order valence-corrected chi connectivity index (χ4v) is 4.11. The minimum Gasteiger partial charge on any atom is -0.347 e. The molecule has 1 aliphatic rings. The summed E-state index contributed by atoms with van der Waals surface area (Å²) in [4.78, 5) is 16.7. The molecule has 9 heteroatoms. The Morgan fingerprint density at radius 2 is 2.12 bits per heavy atom. The molecular formula is C17H22N4O4S. The number of aromatic nitrogens is 2. The van der Waals surface area contributed by atoms with Crippen molar-refractivity contribution in [1.82, 2.24) is 19.8 Å². The molecule has 0 unspecified atom stereocenters. The first kappa shape index (κ1) is 18.5. The average Bonchev–Trinajstić information content (AvgIpc) is 3.16. The van der Waals surface area contributed by atoms with Gasteiger partial charge in [-0.25, -0.2) is 12.7 Å². The lowest BCUT2D eigenvalue weighted by atomic mass is 9.99. The topological polar surface area (TPSA) is 105 Å². The van der Waals surface area contributed by atoms with Crippen molar-refractivity contribution in [1.29, 1.82) is 0 Å². The number of piperidine rings is 1. The van der Waals surface area contributed by atoms with E-state index in [0.717, 1.165) is 5.56 Å². The van der Waals surface area contributed by atoms with Gasteiger partial charge in [0.1, 0.15) is 0 Å². The van der Waals surface area contributed by atoms with Crippen molar-refractivity contribution in [2.75, 3.05) is 18.8 Å². The number of amides is 1. The van der Waals surface area contributed by atoms with Gasteiger partial charge in [0.15, 0.2) is 0 Å². The second-order valence-electron chi connectivity index (χ2n) is 6.19. The van der Waals surface area contributed by atoms with Crippen LogP contribution in [0.1, 0.15) is 25.7 Å². The van der Waals surface area contributed by atoms with E-state index in [4.69, 9.17) is 4.52 Å². The van der Waals surface area contributed by atoms with Gasteiger partial charge in [-0.2, -0.15) is 4.98 Å². The molecule has 1 saturated heterocycles. The maximum atomic E-state index is 12.4. The number of hydrogen-bond donors (Lipinski definition) is 1. The van der Waals surface area contributed by atoms with E-state index >= 15 is 0 Å². The highest BCUT2D eigenvalue weighted by Crippen LogP contribution is 2.20. The lowest BCUT2D eigenvalue weighted by molar-refractivity contribution is -0.126. The molecule has 1 aliphatic heterocycles. The number of hydrogen-bond acceptors (Lipinski definition) is 6. The molecular weight excluding hydrogens is 356 g/mol. The van der Waals surface area contributed by atoms with Gasteiger partial charge in [-0.3, -0.25) is 4.79 Å². The van der Waals surface area contributed by atoms with E-state index in [1.54, 1.807) is 6.92 Å². The average molecular weight is 378 g/mol. The largest absolute Gasteiger partial charge is 0.347 e. The van der Waals surface area contributed by atoms with Crippen LogP contribution in [-0.4, -0.2) is 47.6 Å². The Hall–Kier alpha value is -2.26. The predicted molar refractivity (Wildman–Crippen MR) is 95.3 cm³/mol. The summed E-state index contributed by atoms with van der Waals surface area (Å²) in [5.74, 6) is 0.270. The molecule has 0 saturated carbocycles. The highest BCUT2D eigenvalue weighted by atomic mass is 32.2. The van der Waals surface area contributed by atoms with Crippen molar-refractivity contribution < 1.29 is 17.7 Å². The summed E-state index contributed by atoms with van der Waals surface area (Å²) < 4.78 is 30.6. The minimum atomic E-state index is -3.27. The third-order valence-electron chi connectivity index (χ3n) is 4.43. The molecule has 140 valence electrons. The number of benzene rings is 1. The standard InChI is InChI=1S/C17H22N4O4S/c1-2-26(23,24)21-10-6-9-14(12-21)17(22)18-11-15-19-16(20-25-15)13-7-4-3-5-8-13/h3-5,7-8,14H,2,6,9-12H2,1H3,(H,18,22)/t14-/m0/s1. The van der Waals surface area contributed by atoms with Crippen LogP contribution in [0.5, 0.6) is 0 Å². The summed E-state index contributed by atoms with van der Waals surface area (Å²) in [7, 11) is -3.27. The summed E-state index contributed by atoms with van der Waals surface area (Å²) in [6.45, 7) is 2.43. The molecule has 1 N–H and O–H groups in total. The highest BCUT2D eigenvalue weighted by Gasteiger charge is 2.31. The van der Waals surface area contributed by atoms with Gasteiger partial charge in [-0.15, -0.1) is 0 Å². The SMILES string of the molecule is CCS(=O)(=O)N1CCC[C@H](C(=O)NCc2nc(-c3ccccc3)no2)C1. The summed E-state index contributed by atoms with van der Waals surface area (Å²) in [5, 5.41) is 6.67. The molecule has 1 aromatic carbocycles. The number of carbonyl (C=O) groups excluding carboxylic acids is 1. The van der Waals surface area contributed by atoms with E-state index < -0.39 is 10.0 Å². The molecule has 1 aromatic heterocycles. The number of nitrogens with zero attached hydrogens (tertiary/aromatic N) is 3. The molecule has 0 aliphatic carbocycles. The molecule has 1 atom stereocenters. The maximum Gasteiger partial charge on any atom is 0.246 e. The minimum absolute atomic E-state index is 0.0472. The van der Waals surface area contributed by atoms with Gasteiger partial charge in [0, 0.05) is 18.7 Å². The third kappa shape index (κ3) is 4.28. The van der Waals surface area contributed by atoms with Gasteiger partial charge in [-0.1, -0.05) is 35.5 Å². The third-order valence-corrected chi connectivity index (χ3v) is 6.28. The Kier molecular flexibility index (Phi) is 5.67. The van der Waals surface area contributed by atoms with Crippen molar-refractivity contribution in [3.05, 3.63) is 36.2 Å². The fourth-order valence-electron chi connectivity index (χ4n) is 2.93.